The summed E-state index contributed by atoms with van der Waals surface area (Å²) in [5, 5.41) is 2.27. The van der Waals surface area contributed by atoms with Gasteiger partial charge in [-0.25, -0.2) is 0 Å². The van der Waals surface area contributed by atoms with E-state index in [1.165, 1.54) is 33.4 Å². The summed E-state index contributed by atoms with van der Waals surface area (Å²) in [5.74, 6) is 0. The highest BCUT2D eigenvalue weighted by molar-refractivity contribution is 6.11. The zero-order valence-corrected chi connectivity index (χ0v) is 26.4. The van der Waals surface area contributed by atoms with E-state index in [0.717, 1.165) is 50.1 Å². The minimum absolute atomic E-state index is 0.0776. The molecule has 0 N–H and O–H groups in total. The van der Waals surface area contributed by atoms with Crippen LogP contribution in [0.1, 0.15) is 25.0 Å². The number of hydrogen-bond donors (Lipinski definition) is 0. The van der Waals surface area contributed by atoms with Gasteiger partial charge in [0.2, 0.25) is 0 Å². The van der Waals surface area contributed by atoms with E-state index in [-0.39, 0.29) is 5.41 Å². The summed E-state index contributed by atoms with van der Waals surface area (Å²) in [6.45, 7) is 4.68. The van der Waals surface area contributed by atoms with Crippen molar-refractivity contribution in [2.24, 2.45) is 0 Å². The fourth-order valence-electron chi connectivity index (χ4n) is 7.48. The van der Waals surface area contributed by atoms with Gasteiger partial charge in [-0.15, -0.1) is 0 Å². The monoisotopic (exact) mass is 603 g/mol. The Labute approximate surface area is 275 Å². The lowest BCUT2D eigenvalue weighted by Gasteiger charge is -2.25. The molecule has 0 saturated carbocycles. The average Bonchev–Trinajstić information content (AvgIpc) is 3.61. The third-order valence-electron chi connectivity index (χ3n) is 9.86. The smallest absolute Gasteiger partial charge is 0.143 e. The minimum atomic E-state index is -0.0776. The van der Waals surface area contributed by atoms with Crippen LogP contribution in [0, 0.1) is 0 Å². The number of benzene rings is 7. The van der Waals surface area contributed by atoms with Crippen LogP contribution in [0.3, 0.4) is 0 Å². The van der Waals surface area contributed by atoms with Crippen LogP contribution in [0.5, 0.6) is 0 Å². The van der Waals surface area contributed by atoms with Crippen molar-refractivity contribution in [1.29, 1.82) is 0 Å². The quantitative estimate of drug-likeness (QED) is 0.195. The molecule has 8 aromatic rings. The van der Waals surface area contributed by atoms with Crippen LogP contribution >= 0.6 is 0 Å². The second-order valence-electron chi connectivity index (χ2n) is 13.0. The molecule has 0 aliphatic heterocycles. The highest BCUT2D eigenvalue weighted by atomic mass is 16.3. The third-order valence-corrected chi connectivity index (χ3v) is 9.86. The van der Waals surface area contributed by atoms with E-state index in [9.17, 15) is 0 Å². The fraction of sp³-hybridized carbons (Fsp3) is 0.0667. The van der Waals surface area contributed by atoms with E-state index in [4.69, 9.17) is 4.42 Å². The Morgan fingerprint density at radius 3 is 1.77 bits per heavy atom. The van der Waals surface area contributed by atoms with Gasteiger partial charge in [0.1, 0.15) is 11.2 Å². The molecule has 0 atom stereocenters. The predicted molar refractivity (Wildman–Crippen MR) is 197 cm³/mol. The Bertz CT molecular complexity index is 2380. The number of fused-ring (bicyclic) bond motifs is 6. The summed E-state index contributed by atoms with van der Waals surface area (Å²) < 4.78 is 6.60. The lowest BCUT2D eigenvalue weighted by molar-refractivity contribution is 0.660. The van der Waals surface area contributed by atoms with Crippen LogP contribution in [0.2, 0.25) is 0 Å². The van der Waals surface area contributed by atoms with Gasteiger partial charge in [-0.1, -0.05) is 117 Å². The number of para-hydroxylation sites is 3. The summed E-state index contributed by atoms with van der Waals surface area (Å²) in [5.41, 5.74) is 15.1. The van der Waals surface area contributed by atoms with Gasteiger partial charge in [-0.3, -0.25) is 0 Å². The third kappa shape index (κ3) is 4.40. The van der Waals surface area contributed by atoms with Crippen molar-refractivity contribution < 1.29 is 4.42 Å². The summed E-state index contributed by atoms with van der Waals surface area (Å²) in [6, 6.07) is 58.8. The van der Waals surface area contributed by atoms with Gasteiger partial charge in [-0.05, 0) is 99.6 Å². The lowest BCUT2D eigenvalue weighted by atomic mass is 9.81. The molecule has 0 saturated heterocycles. The molecule has 7 aromatic carbocycles. The molecule has 0 unspecified atom stereocenters. The van der Waals surface area contributed by atoms with E-state index < -0.39 is 0 Å². The zero-order chi connectivity index (χ0) is 31.5. The molecule has 0 spiro atoms. The molecule has 224 valence electrons. The molecule has 1 heterocycles. The molecule has 9 rings (SSSR count). The SMILES string of the molecule is CC1(C)c2ccccc2-c2ccc(-c3cc(-c4ccc(N(c5ccccc5)c5ccccc5)cc4)cc4c3oc3ccccc34)cc21. The molecule has 0 bridgehead atoms. The van der Waals surface area contributed by atoms with Gasteiger partial charge < -0.3 is 9.32 Å². The van der Waals surface area contributed by atoms with E-state index in [1.54, 1.807) is 0 Å². The van der Waals surface area contributed by atoms with Crippen molar-refractivity contribution in [1.82, 2.24) is 0 Å². The summed E-state index contributed by atoms with van der Waals surface area (Å²) in [4.78, 5) is 2.30. The highest BCUT2D eigenvalue weighted by Crippen LogP contribution is 2.50. The van der Waals surface area contributed by atoms with Crippen molar-refractivity contribution >= 4 is 39.0 Å². The normalized spacial score (nSPS) is 13.1. The fourth-order valence-corrected chi connectivity index (χ4v) is 7.48. The van der Waals surface area contributed by atoms with E-state index in [1.807, 2.05) is 6.07 Å². The van der Waals surface area contributed by atoms with Crippen LogP contribution in [0.4, 0.5) is 17.1 Å². The second-order valence-corrected chi connectivity index (χ2v) is 13.0. The van der Waals surface area contributed by atoms with E-state index in [0.29, 0.717) is 0 Å². The van der Waals surface area contributed by atoms with Gasteiger partial charge in [-0.2, -0.15) is 0 Å². The molecular formula is C45H33NO. The molecule has 47 heavy (non-hydrogen) atoms. The van der Waals surface area contributed by atoms with Gasteiger partial charge in [0, 0.05) is 38.8 Å². The molecule has 1 aromatic heterocycles. The second kappa shape index (κ2) is 10.6. The molecule has 2 nitrogen and oxygen atoms in total. The lowest BCUT2D eigenvalue weighted by Crippen LogP contribution is -2.14. The van der Waals surface area contributed by atoms with Crippen LogP contribution in [0.25, 0.3) is 55.3 Å². The summed E-state index contributed by atoms with van der Waals surface area (Å²) in [6.07, 6.45) is 0. The Kier molecular flexibility index (Phi) is 6.20. The van der Waals surface area contributed by atoms with E-state index in [2.05, 4.69) is 176 Å². The first-order valence-electron chi connectivity index (χ1n) is 16.3. The molecule has 0 fully saturated rings. The number of anilines is 3. The van der Waals surface area contributed by atoms with Crippen LogP contribution < -0.4 is 4.90 Å². The first-order valence-corrected chi connectivity index (χ1v) is 16.3. The summed E-state index contributed by atoms with van der Waals surface area (Å²) in [7, 11) is 0. The van der Waals surface area contributed by atoms with Crippen LogP contribution in [-0.4, -0.2) is 0 Å². The molecular weight excluding hydrogens is 571 g/mol. The Morgan fingerprint density at radius 2 is 1.02 bits per heavy atom. The first kappa shape index (κ1) is 27.5. The van der Waals surface area contributed by atoms with Crippen LogP contribution in [-0.2, 0) is 5.41 Å². The van der Waals surface area contributed by atoms with Gasteiger partial charge in [0.25, 0.3) is 0 Å². The summed E-state index contributed by atoms with van der Waals surface area (Å²) >= 11 is 0. The van der Waals surface area contributed by atoms with Gasteiger partial charge in [0.15, 0.2) is 0 Å². The Morgan fingerprint density at radius 1 is 0.426 bits per heavy atom. The Hall–Kier alpha value is -5.86. The van der Waals surface area contributed by atoms with Crippen molar-refractivity contribution in [3.8, 4) is 33.4 Å². The van der Waals surface area contributed by atoms with Crippen molar-refractivity contribution in [3.05, 3.63) is 175 Å². The maximum atomic E-state index is 6.60. The first-order chi connectivity index (χ1) is 23.1. The van der Waals surface area contributed by atoms with Crippen LogP contribution in [0.15, 0.2) is 168 Å². The zero-order valence-electron chi connectivity index (χ0n) is 26.4. The molecule has 0 radical (unpaired) electrons. The molecule has 1 aliphatic rings. The van der Waals surface area contributed by atoms with E-state index >= 15 is 0 Å². The number of hydrogen-bond acceptors (Lipinski definition) is 2. The predicted octanol–water partition coefficient (Wildman–Crippen LogP) is 12.7. The van der Waals surface area contributed by atoms with Gasteiger partial charge in [0.05, 0.1) is 0 Å². The minimum Gasteiger partial charge on any atom is -0.455 e. The van der Waals surface area contributed by atoms with Crippen molar-refractivity contribution in [3.63, 3.8) is 0 Å². The van der Waals surface area contributed by atoms with Crippen molar-refractivity contribution in [2.45, 2.75) is 19.3 Å². The molecule has 1 aliphatic carbocycles. The maximum Gasteiger partial charge on any atom is 0.143 e. The largest absolute Gasteiger partial charge is 0.455 e. The highest BCUT2D eigenvalue weighted by Gasteiger charge is 2.35. The topological polar surface area (TPSA) is 16.4 Å². The number of rotatable bonds is 5. The number of nitrogens with zero attached hydrogens (tertiary/aromatic N) is 1. The molecule has 2 heteroatoms. The van der Waals surface area contributed by atoms with Crippen molar-refractivity contribution in [2.75, 3.05) is 4.90 Å². The average molecular weight is 604 g/mol. The Balaban J connectivity index is 1.20. The van der Waals surface area contributed by atoms with Gasteiger partial charge >= 0.3 is 0 Å². The standard InChI is InChI=1S/C45H33NO/c1-45(2)41-19-11-9-17-36(41)37-26-23-31(29-42(37)45)39-27-32(28-40-38-18-10-12-20-43(38)47-44(39)40)30-21-24-35(25-22-30)46(33-13-5-3-6-14-33)34-15-7-4-8-16-34/h3-29H,1-2H3. The molecule has 0 amide bonds. The maximum absolute atomic E-state index is 6.60. The number of furan rings is 1.